The zero-order chi connectivity index (χ0) is 25.5. The van der Waals surface area contributed by atoms with Gasteiger partial charge in [-0.25, -0.2) is 4.79 Å². The van der Waals surface area contributed by atoms with Gasteiger partial charge in [0.15, 0.2) is 0 Å². The molecule has 3 aromatic rings. The number of thiophene rings is 1. The minimum atomic E-state index is -0.554. The Kier molecular flexibility index (Phi) is 8.19. The number of carbonyl (C=O) groups is 2. The second-order valence-electron chi connectivity index (χ2n) is 8.60. The molecule has 6 nitrogen and oxygen atoms in total. The Labute approximate surface area is 215 Å². The van der Waals surface area contributed by atoms with E-state index in [1.165, 1.54) is 23.0 Å². The van der Waals surface area contributed by atoms with Crippen molar-refractivity contribution in [2.24, 2.45) is 0 Å². The summed E-state index contributed by atoms with van der Waals surface area (Å²) in [6.45, 7) is 4.50. The van der Waals surface area contributed by atoms with E-state index in [1.807, 2.05) is 37.3 Å². The fourth-order valence-electron chi connectivity index (χ4n) is 4.07. The van der Waals surface area contributed by atoms with Crippen molar-refractivity contribution in [3.8, 4) is 11.8 Å². The third kappa shape index (κ3) is 6.02. The Balaban J connectivity index is 1.47. The summed E-state index contributed by atoms with van der Waals surface area (Å²) in [6, 6.07) is 17.3. The zero-order valence-corrected chi connectivity index (χ0v) is 21.2. The molecule has 0 bridgehead atoms. The number of ether oxygens (including phenoxy) is 2. The van der Waals surface area contributed by atoms with Crippen LogP contribution in [-0.4, -0.2) is 18.5 Å². The van der Waals surface area contributed by atoms with E-state index in [9.17, 15) is 14.9 Å². The van der Waals surface area contributed by atoms with Crippen LogP contribution in [0.4, 0.5) is 5.00 Å². The van der Waals surface area contributed by atoms with E-state index in [-0.39, 0.29) is 12.2 Å². The predicted molar refractivity (Wildman–Crippen MR) is 141 cm³/mol. The number of hydrogen-bond acceptors (Lipinski definition) is 6. The van der Waals surface area contributed by atoms with E-state index in [1.54, 1.807) is 31.2 Å². The van der Waals surface area contributed by atoms with Crippen molar-refractivity contribution in [1.82, 2.24) is 0 Å². The van der Waals surface area contributed by atoms with Crippen LogP contribution in [-0.2, 0) is 29.0 Å². The molecule has 1 heterocycles. The monoisotopic (exact) mass is 500 g/mol. The number of benzene rings is 2. The molecular formula is C29H28N2O4S. The molecule has 1 aliphatic carbocycles. The Morgan fingerprint density at radius 2 is 1.81 bits per heavy atom. The average molecular weight is 501 g/mol. The molecule has 1 amide bonds. The Morgan fingerprint density at radius 3 is 2.50 bits per heavy atom. The molecule has 0 fully saturated rings. The van der Waals surface area contributed by atoms with Gasteiger partial charge in [0.1, 0.15) is 29.0 Å². The van der Waals surface area contributed by atoms with Gasteiger partial charge in [0, 0.05) is 4.88 Å². The molecule has 1 aliphatic rings. The molecule has 0 unspecified atom stereocenters. The van der Waals surface area contributed by atoms with Crippen molar-refractivity contribution in [2.45, 2.75) is 46.1 Å². The SMILES string of the molecule is CCOC(=O)c1c(NC(=O)/C(C#N)=C/c2ccc(OCc3ccc(C)cc3)cc2)sc2c1CCCC2. The summed E-state index contributed by atoms with van der Waals surface area (Å²) in [7, 11) is 0. The second-order valence-corrected chi connectivity index (χ2v) is 9.71. The van der Waals surface area contributed by atoms with Crippen molar-refractivity contribution >= 4 is 34.3 Å². The van der Waals surface area contributed by atoms with E-state index >= 15 is 0 Å². The molecule has 2 aromatic carbocycles. The predicted octanol–water partition coefficient (Wildman–Crippen LogP) is 6.24. The minimum absolute atomic E-state index is 0.0514. The summed E-state index contributed by atoms with van der Waals surface area (Å²) >= 11 is 1.40. The molecule has 1 N–H and O–H groups in total. The first kappa shape index (κ1) is 25.2. The number of anilines is 1. The van der Waals surface area contributed by atoms with Crippen LogP contribution in [0.1, 0.15) is 57.3 Å². The van der Waals surface area contributed by atoms with E-state index < -0.39 is 11.9 Å². The van der Waals surface area contributed by atoms with Gasteiger partial charge in [0.05, 0.1) is 12.2 Å². The van der Waals surface area contributed by atoms with Crippen LogP contribution in [0, 0.1) is 18.3 Å². The maximum atomic E-state index is 13.0. The topological polar surface area (TPSA) is 88.4 Å². The molecule has 0 spiro atoms. The number of rotatable bonds is 8. The van der Waals surface area contributed by atoms with Crippen molar-refractivity contribution in [2.75, 3.05) is 11.9 Å². The van der Waals surface area contributed by atoms with Crippen LogP contribution < -0.4 is 10.1 Å². The van der Waals surface area contributed by atoms with Gasteiger partial charge in [-0.3, -0.25) is 4.79 Å². The maximum absolute atomic E-state index is 13.0. The number of hydrogen-bond donors (Lipinski definition) is 1. The number of nitriles is 1. The van der Waals surface area contributed by atoms with E-state index in [0.717, 1.165) is 41.7 Å². The van der Waals surface area contributed by atoms with Gasteiger partial charge in [-0.15, -0.1) is 11.3 Å². The Morgan fingerprint density at radius 1 is 1.08 bits per heavy atom. The van der Waals surface area contributed by atoms with Gasteiger partial charge in [-0.05, 0) is 74.4 Å². The molecule has 36 heavy (non-hydrogen) atoms. The lowest BCUT2D eigenvalue weighted by molar-refractivity contribution is -0.112. The Hall–Kier alpha value is -3.89. The number of fused-ring (bicyclic) bond motifs is 1. The van der Waals surface area contributed by atoms with Crippen LogP contribution in [0.25, 0.3) is 6.08 Å². The molecule has 0 atom stereocenters. The van der Waals surface area contributed by atoms with Crippen LogP contribution in [0.3, 0.4) is 0 Å². The molecule has 1 aromatic heterocycles. The largest absolute Gasteiger partial charge is 0.489 e. The van der Waals surface area contributed by atoms with Crippen LogP contribution >= 0.6 is 11.3 Å². The number of nitrogens with one attached hydrogen (secondary N) is 1. The number of carbonyl (C=O) groups excluding carboxylic acids is 2. The fraction of sp³-hybridized carbons (Fsp3) is 0.276. The summed E-state index contributed by atoms with van der Waals surface area (Å²) in [5.74, 6) is -0.295. The first-order valence-corrected chi connectivity index (χ1v) is 12.8. The lowest BCUT2D eigenvalue weighted by atomic mass is 9.95. The lowest BCUT2D eigenvalue weighted by Crippen LogP contribution is -2.16. The van der Waals surface area contributed by atoms with Crippen LogP contribution in [0.15, 0.2) is 54.1 Å². The third-order valence-corrected chi connectivity index (χ3v) is 7.17. The number of aryl methyl sites for hydroxylation is 2. The van der Waals surface area contributed by atoms with E-state index in [0.29, 0.717) is 28.5 Å². The molecule has 7 heteroatoms. The normalized spacial score (nSPS) is 12.9. The van der Waals surface area contributed by atoms with E-state index in [2.05, 4.69) is 5.32 Å². The molecular weight excluding hydrogens is 472 g/mol. The van der Waals surface area contributed by atoms with Crippen molar-refractivity contribution < 1.29 is 19.1 Å². The number of nitrogens with zero attached hydrogens (tertiary/aromatic N) is 1. The standard InChI is InChI=1S/C29H28N2O4S/c1-3-34-29(33)26-24-6-4-5-7-25(24)36-28(26)31-27(32)22(17-30)16-20-12-14-23(15-13-20)35-18-21-10-8-19(2)9-11-21/h8-16H,3-7,18H2,1-2H3,(H,31,32)/b22-16+. The smallest absolute Gasteiger partial charge is 0.341 e. The van der Waals surface area contributed by atoms with Crippen molar-refractivity contribution in [3.63, 3.8) is 0 Å². The molecule has 0 saturated heterocycles. The van der Waals surface area contributed by atoms with Crippen LogP contribution in [0.2, 0.25) is 0 Å². The highest BCUT2D eigenvalue weighted by molar-refractivity contribution is 7.17. The summed E-state index contributed by atoms with van der Waals surface area (Å²) in [6.07, 6.45) is 5.24. The van der Waals surface area contributed by atoms with E-state index in [4.69, 9.17) is 9.47 Å². The van der Waals surface area contributed by atoms with Crippen molar-refractivity contribution in [3.05, 3.63) is 86.8 Å². The third-order valence-electron chi connectivity index (χ3n) is 5.96. The number of esters is 1. The lowest BCUT2D eigenvalue weighted by Gasteiger charge is -2.12. The minimum Gasteiger partial charge on any atom is -0.489 e. The molecule has 0 saturated carbocycles. The summed E-state index contributed by atoms with van der Waals surface area (Å²) in [5.41, 5.74) is 4.31. The highest BCUT2D eigenvalue weighted by Crippen LogP contribution is 2.38. The molecule has 0 aliphatic heterocycles. The Bertz CT molecular complexity index is 1320. The van der Waals surface area contributed by atoms with Gasteiger partial charge >= 0.3 is 5.97 Å². The van der Waals surface area contributed by atoms with Gasteiger partial charge in [0.25, 0.3) is 5.91 Å². The van der Waals surface area contributed by atoms with Crippen molar-refractivity contribution in [1.29, 1.82) is 5.26 Å². The highest BCUT2D eigenvalue weighted by Gasteiger charge is 2.27. The second kappa shape index (κ2) is 11.7. The molecule has 184 valence electrons. The molecule has 4 rings (SSSR count). The quantitative estimate of drug-likeness (QED) is 0.225. The van der Waals surface area contributed by atoms with Gasteiger partial charge in [-0.2, -0.15) is 5.26 Å². The number of amides is 1. The first-order chi connectivity index (χ1) is 17.5. The van der Waals surface area contributed by atoms with Gasteiger partial charge < -0.3 is 14.8 Å². The zero-order valence-electron chi connectivity index (χ0n) is 20.4. The fourth-order valence-corrected chi connectivity index (χ4v) is 5.34. The molecule has 0 radical (unpaired) electrons. The summed E-state index contributed by atoms with van der Waals surface area (Å²) in [4.78, 5) is 26.7. The van der Waals surface area contributed by atoms with Crippen LogP contribution in [0.5, 0.6) is 5.75 Å². The maximum Gasteiger partial charge on any atom is 0.341 e. The summed E-state index contributed by atoms with van der Waals surface area (Å²) < 4.78 is 11.1. The van der Waals surface area contributed by atoms with Gasteiger partial charge in [-0.1, -0.05) is 42.0 Å². The summed E-state index contributed by atoms with van der Waals surface area (Å²) in [5, 5.41) is 12.9. The first-order valence-electron chi connectivity index (χ1n) is 12.0. The highest BCUT2D eigenvalue weighted by atomic mass is 32.1. The average Bonchev–Trinajstić information content (AvgIpc) is 3.25. The van der Waals surface area contributed by atoms with Gasteiger partial charge in [0.2, 0.25) is 0 Å².